The fraction of sp³-hybridized carbons (Fsp3) is 0.263. The van der Waals surface area contributed by atoms with Crippen LogP contribution >= 0.6 is 0 Å². The standard InChI is InChI=1S/C19H16F3N3O4S/c20-19(21,22)14-3-1-12(2-4-14)18-23-9-13-10-25(8-7-16(13)24-18)11-15-5-6-17(29-15)30(26,27)28/h1-6,9H,7-8,10-11H2,(H,26,27,28). The Labute approximate surface area is 169 Å². The monoisotopic (exact) mass is 439 g/mol. The van der Waals surface area contributed by atoms with Crippen LogP contribution in [-0.4, -0.2) is 34.4 Å². The maximum Gasteiger partial charge on any atom is 0.416 e. The first-order chi connectivity index (χ1) is 14.1. The molecule has 2 aromatic heterocycles. The Hall–Kier alpha value is -2.76. The van der Waals surface area contributed by atoms with Crippen molar-refractivity contribution in [2.75, 3.05) is 6.54 Å². The predicted molar refractivity (Wildman–Crippen MR) is 98.8 cm³/mol. The Morgan fingerprint density at radius 3 is 2.50 bits per heavy atom. The first kappa shape index (κ1) is 20.5. The summed E-state index contributed by atoms with van der Waals surface area (Å²) in [6.07, 6.45) is -2.15. The lowest BCUT2D eigenvalue weighted by atomic mass is 10.1. The van der Waals surface area contributed by atoms with Gasteiger partial charge in [0.05, 0.1) is 17.8 Å². The normalized spacial score (nSPS) is 15.2. The van der Waals surface area contributed by atoms with Crippen LogP contribution in [0.3, 0.4) is 0 Å². The van der Waals surface area contributed by atoms with Crippen LogP contribution in [0.2, 0.25) is 0 Å². The fourth-order valence-corrected chi connectivity index (χ4v) is 3.71. The molecule has 1 aliphatic rings. The molecule has 0 fully saturated rings. The van der Waals surface area contributed by atoms with Crippen LogP contribution in [0.5, 0.6) is 0 Å². The molecule has 0 bridgehead atoms. The Balaban J connectivity index is 1.47. The highest BCUT2D eigenvalue weighted by molar-refractivity contribution is 7.85. The highest BCUT2D eigenvalue weighted by Gasteiger charge is 2.30. The zero-order valence-electron chi connectivity index (χ0n) is 15.4. The summed E-state index contributed by atoms with van der Waals surface area (Å²) in [4.78, 5) is 10.8. The molecule has 1 N–H and O–H groups in total. The van der Waals surface area contributed by atoms with E-state index in [-0.39, 0.29) is 0 Å². The van der Waals surface area contributed by atoms with Crippen molar-refractivity contribution in [2.45, 2.75) is 30.8 Å². The number of hydrogen-bond donors (Lipinski definition) is 1. The number of nitrogens with zero attached hydrogens (tertiary/aromatic N) is 3. The van der Waals surface area contributed by atoms with Gasteiger partial charge in [0.1, 0.15) is 5.76 Å². The first-order valence-corrected chi connectivity index (χ1v) is 10.3. The van der Waals surface area contributed by atoms with Crippen molar-refractivity contribution in [1.29, 1.82) is 0 Å². The average Bonchev–Trinajstić information content (AvgIpc) is 3.16. The van der Waals surface area contributed by atoms with Gasteiger partial charge in [-0.2, -0.15) is 21.6 Å². The molecule has 0 saturated carbocycles. The Morgan fingerprint density at radius 1 is 1.13 bits per heavy atom. The molecular weight excluding hydrogens is 423 g/mol. The highest BCUT2D eigenvalue weighted by atomic mass is 32.2. The number of furan rings is 1. The molecule has 0 spiro atoms. The van der Waals surface area contributed by atoms with Crippen molar-refractivity contribution in [2.24, 2.45) is 0 Å². The van der Waals surface area contributed by atoms with Crippen molar-refractivity contribution in [1.82, 2.24) is 14.9 Å². The van der Waals surface area contributed by atoms with E-state index in [1.807, 2.05) is 4.90 Å². The molecular formula is C19H16F3N3O4S. The van der Waals surface area contributed by atoms with Gasteiger partial charge in [-0.25, -0.2) is 9.97 Å². The predicted octanol–water partition coefficient (Wildman–Crippen LogP) is 3.56. The maximum absolute atomic E-state index is 12.7. The minimum atomic E-state index is -4.39. The smallest absolute Gasteiger partial charge is 0.416 e. The van der Waals surface area contributed by atoms with Crippen LogP contribution in [0.4, 0.5) is 13.2 Å². The average molecular weight is 439 g/mol. The zero-order valence-corrected chi connectivity index (χ0v) is 16.2. The van der Waals surface area contributed by atoms with E-state index < -0.39 is 27.0 Å². The fourth-order valence-electron chi connectivity index (χ4n) is 3.26. The summed E-state index contributed by atoms with van der Waals surface area (Å²) in [5.74, 6) is 0.758. The molecule has 0 radical (unpaired) electrons. The van der Waals surface area contributed by atoms with E-state index in [0.29, 0.717) is 43.2 Å². The molecule has 3 aromatic rings. The molecule has 0 aliphatic carbocycles. The van der Waals surface area contributed by atoms with Gasteiger partial charge >= 0.3 is 16.3 Å². The molecule has 11 heteroatoms. The molecule has 0 saturated heterocycles. The summed E-state index contributed by atoms with van der Waals surface area (Å²) in [6.45, 7) is 1.47. The SMILES string of the molecule is O=S(=O)(O)c1ccc(CN2CCc3nc(-c4ccc(C(F)(F)F)cc4)ncc3C2)o1. The quantitative estimate of drug-likeness (QED) is 0.621. The molecule has 30 heavy (non-hydrogen) atoms. The summed E-state index contributed by atoms with van der Waals surface area (Å²) < 4.78 is 74.5. The summed E-state index contributed by atoms with van der Waals surface area (Å²) in [5.41, 5.74) is 1.46. The molecule has 3 heterocycles. The molecule has 0 unspecified atom stereocenters. The molecule has 158 valence electrons. The van der Waals surface area contributed by atoms with E-state index in [1.165, 1.54) is 24.3 Å². The molecule has 1 aliphatic heterocycles. The minimum Gasteiger partial charge on any atom is -0.446 e. The topological polar surface area (TPSA) is 96.5 Å². The first-order valence-electron chi connectivity index (χ1n) is 8.90. The van der Waals surface area contributed by atoms with Crippen molar-refractivity contribution < 1.29 is 30.6 Å². The van der Waals surface area contributed by atoms with E-state index >= 15 is 0 Å². The highest BCUT2D eigenvalue weighted by Crippen LogP contribution is 2.30. The number of halogens is 3. The summed E-state index contributed by atoms with van der Waals surface area (Å²) in [5, 5.41) is -0.501. The van der Waals surface area contributed by atoms with Crippen molar-refractivity contribution in [3.8, 4) is 11.4 Å². The molecule has 0 amide bonds. The van der Waals surface area contributed by atoms with Gasteiger partial charge in [-0.15, -0.1) is 0 Å². The van der Waals surface area contributed by atoms with Gasteiger partial charge in [-0.05, 0) is 24.3 Å². The van der Waals surface area contributed by atoms with E-state index in [1.54, 1.807) is 6.20 Å². The Bertz CT molecular complexity index is 1170. The van der Waals surface area contributed by atoms with Gasteiger partial charge in [0.15, 0.2) is 5.82 Å². The lowest BCUT2D eigenvalue weighted by molar-refractivity contribution is -0.137. The lowest BCUT2D eigenvalue weighted by Gasteiger charge is -2.27. The number of aromatic nitrogens is 2. The number of fused-ring (bicyclic) bond motifs is 1. The third-order valence-corrected chi connectivity index (χ3v) is 5.48. The third kappa shape index (κ3) is 4.37. The number of benzene rings is 1. The van der Waals surface area contributed by atoms with Crippen molar-refractivity contribution in [3.05, 3.63) is 65.2 Å². The van der Waals surface area contributed by atoms with Crippen LogP contribution in [0.15, 0.2) is 52.1 Å². The molecule has 0 atom stereocenters. The van der Waals surface area contributed by atoms with Crippen LogP contribution < -0.4 is 0 Å². The minimum absolute atomic E-state index is 0.343. The maximum atomic E-state index is 12.7. The van der Waals surface area contributed by atoms with E-state index in [4.69, 9.17) is 8.97 Å². The molecule has 7 nitrogen and oxygen atoms in total. The molecule has 1 aromatic carbocycles. The second-order valence-electron chi connectivity index (χ2n) is 6.90. The second kappa shape index (κ2) is 7.49. The largest absolute Gasteiger partial charge is 0.446 e. The number of hydrogen-bond acceptors (Lipinski definition) is 6. The summed E-state index contributed by atoms with van der Waals surface area (Å²) in [6, 6.07) is 7.39. The van der Waals surface area contributed by atoms with Crippen molar-refractivity contribution >= 4 is 10.1 Å². The van der Waals surface area contributed by atoms with Gasteiger partial charge in [0, 0.05) is 36.8 Å². The van der Waals surface area contributed by atoms with E-state index in [2.05, 4.69) is 9.97 Å². The summed E-state index contributed by atoms with van der Waals surface area (Å²) >= 11 is 0. The Kier molecular flexibility index (Phi) is 5.12. The third-order valence-electron chi connectivity index (χ3n) is 4.75. The molecule has 4 rings (SSSR count). The van der Waals surface area contributed by atoms with Gasteiger partial charge in [-0.1, -0.05) is 12.1 Å². The lowest BCUT2D eigenvalue weighted by Crippen LogP contribution is -2.30. The van der Waals surface area contributed by atoms with Gasteiger partial charge in [0.2, 0.25) is 5.09 Å². The Morgan fingerprint density at radius 2 is 1.87 bits per heavy atom. The van der Waals surface area contributed by atoms with Crippen molar-refractivity contribution in [3.63, 3.8) is 0 Å². The number of rotatable bonds is 4. The number of alkyl halides is 3. The summed E-state index contributed by atoms with van der Waals surface area (Å²) in [7, 11) is -4.38. The van der Waals surface area contributed by atoms with E-state index in [9.17, 15) is 21.6 Å². The van der Waals surface area contributed by atoms with Crippen LogP contribution in [0.25, 0.3) is 11.4 Å². The van der Waals surface area contributed by atoms with Crippen LogP contribution in [-0.2, 0) is 35.8 Å². The van der Waals surface area contributed by atoms with E-state index in [0.717, 1.165) is 23.4 Å². The van der Waals surface area contributed by atoms with Crippen LogP contribution in [0, 0.1) is 0 Å². The van der Waals surface area contributed by atoms with Gasteiger partial charge in [0.25, 0.3) is 0 Å². The second-order valence-corrected chi connectivity index (χ2v) is 8.25. The van der Waals surface area contributed by atoms with Gasteiger partial charge < -0.3 is 4.42 Å². The van der Waals surface area contributed by atoms with Crippen LogP contribution in [0.1, 0.15) is 22.6 Å². The zero-order chi connectivity index (χ0) is 21.5. The van der Waals surface area contributed by atoms with Gasteiger partial charge in [-0.3, -0.25) is 9.45 Å².